The summed E-state index contributed by atoms with van der Waals surface area (Å²) < 4.78 is 28.4. The zero-order valence-corrected chi connectivity index (χ0v) is 16.0. The van der Waals surface area contributed by atoms with Crippen LogP contribution in [-0.4, -0.2) is 26.5 Å². The fraction of sp³-hybridized carbons (Fsp3) is 0.235. The Labute approximate surface area is 156 Å². The molecular weight excluding hydrogens is 378 g/mol. The van der Waals surface area contributed by atoms with Gasteiger partial charge in [0, 0.05) is 24.2 Å². The van der Waals surface area contributed by atoms with Crippen LogP contribution in [0.1, 0.15) is 18.5 Å². The third kappa shape index (κ3) is 4.37. The summed E-state index contributed by atoms with van der Waals surface area (Å²) in [6, 6.07) is 12.8. The number of rotatable bonds is 7. The first kappa shape index (κ1) is 18.3. The van der Waals surface area contributed by atoms with Gasteiger partial charge in [0.15, 0.2) is 0 Å². The summed E-state index contributed by atoms with van der Waals surface area (Å²) in [6.45, 7) is 2.81. The second kappa shape index (κ2) is 7.80. The predicted molar refractivity (Wildman–Crippen MR) is 103 cm³/mol. The normalized spacial score (nSPS) is 13.2. The van der Waals surface area contributed by atoms with Crippen LogP contribution >= 0.6 is 22.9 Å². The fourth-order valence-corrected chi connectivity index (χ4v) is 5.02. The highest BCUT2D eigenvalue weighted by molar-refractivity contribution is 7.90. The Hall–Kier alpha value is -1.51. The summed E-state index contributed by atoms with van der Waals surface area (Å²) in [7, 11) is -3.57. The average molecular weight is 396 g/mol. The summed E-state index contributed by atoms with van der Waals surface area (Å²) >= 11 is 7.32. The molecule has 0 fully saturated rings. The van der Waals surface area contributed by atoms with Crippen LogP contribution in [-0.2, 0) is 10.0 Å². The third-order valence-corrected chi connectivity index (χ3v) is 6.57. The Morgan fingerprint density at radius 1 is 1.20 bits per heavy atom. The molecule has 1 heterocycles. The summed E-state index contributed by atoms with van der Waals surface area (Å²) in [5.41, 5.74) is 3.41. The van der Waals surface area contributed by atoms with E-state index in [0.29, 0.717) is 28.3 Å². The lowest BCUT2D eigenvalue weighted by Crippen LogP contribution is -2.33. The van der Waals surface area contributed by atoms with Crippen molar-refractivity contribution in [3.8, 4) is 0 Å². The van der Waals surface area contributed by atoms with Crippen LogP contribution in [0.25, 0.3) is 10.2 Å². The van der Waals surface area contributed by atoms with Gasteiger partial charge in [0.2, 0.25) is 10.0 Å². The van der Waals surface area contributed by atoms with Crippen LogP contribution in [0.5, 0.6) is 0 Å². The van der Waals surface area contributed by atoms with Gasteiger partial charge >= 0.3 is 0 Å². The highest BCUT2D eigenvalue weighted by atomic mass is 35.5. The summed E-state index contributed by atoms with van der Waals surface area (Å²) in [6.07, 6.45) is 0. The van der Waals surface area contributed by atoms with Crippen LogP contribution in [0.2, 0.25) is 5.02 Å². The number of nitrogens with zero attached hydrogens (tertiary/aromatic N) is 1. The lowest BCUT2D eigenvalue weighted by Gasteiger charge is -2.15. The van der Waals surface area contributed by atoms with Crippen molar-refractivity contribution in [3.05, 3.63) is 58.6 Å². The molecule has 0 bridgehead atoms. The highest BCUT2D eigenvalue weighted by Crippen LogP contribution is 2.25. The number of sulfonamides is 1. The fourth-order valence-electron chi connectivity index (χ4n) is 2.52. The molecule has 132 valence electrons. The third-order valence-electron chi connectivity index (χ3n) is 3.83. The van der Waals surface area contributed by atoms with E-state index in [9.17, 15) is 8.42 Å². The number of fused-ring (bicyclic) bond motifs is 1. The molecule has 5 nitrogen and oxygen atoms in total. The van der Waals surface area contributed by atoms with Gasteiger partial charge in [-0.15, -0.1) is 11.3 Å². The molecule has 25 heavy (non-hydrogen) atoms. The van der Waals surface area contributed by atoms with Crippen LogP contribution in [0, 0.1) is 0 Å². The molecule has 1 atom stereocenters. The lowest BCUT2D eigenvalue weighted by molar-refractivity contribution is 0.554. The summed E-state index contributed by atoms with van der Waals surface area (Å²) in [5, 5.41) is 3.97. The average Bonchev–Trinajstić information content (AvgIpc) is 3.07. The molecule has 2 N–H and O–H groups in total. The van der Waals surface area contributed by atoms with Gasteiger partial charge in [-0.3, -0.25) is 0 Å². The Balaban J connectivity index is 1.59. The van der Waals surface area contributed by atoms with Crippen LogP contribution < -0.4 is 10.0 Å². The quantitative estimate of drug-likeness (QED) is 0.600. The number of hydrogen-bond donors (Lipinski definition) is 2. The van der Waals surface area contributed by atoms with E-state index in [0.717, 1.165) is 5.56 Å². The second-order valence-corrected chi connectivity index (χ2v) is 8.61. The number of hydrogen-bond acceptors (Lipinski definition) is 5. The highest BCUT2D eigenvalue weighted by Gasteiger charge is 2.18. The van der Waals surface area contributed by atoms with Gasteiger partial charge in [-0.1, -0.05) is 29.8 Å². The first-order valence-corrected chi connectivity index (χ1v) is 10.5. The van der Waals surface area contributed by atoms with Gasteiger partial charge in [-0.2, -0.15) is 0 Å². The maximum Gasteiger partial charge on any atom is 0.242 e. The minimum absolute atomic E-state index is 0.0770. The first-order valence-electron chi connectivity index (χ1n) is 7.78. The Kier molecular flexibility index (Phi) is 5.71. The molecule has 0 saturated heterocycles. The Morgan fingerprint density at radius 3 is 2.80 bits per heavy atom. The van der Waals surface area contributed by atoms with E-state index in [4.69, 9.17) is 11.6 Å². The van der Waals surface area contributed by atoms with Gasteiger partial charge in [0.05, 0.1) is 15.7 Å². The van der Waals surface area contributed by atoms with E-state index in [2.05, 4.69) is 15.0 Å². The van der Waals surface area contributed by atoms with Crippen molar-refractivity contribution >= 4 is 43.2 Å². The van der Waals surface area contributed by atoms with Crippen molar-refractivity contribution in [2.24, 2.45) is 0 Å². The maximum absolute atomic E-state index is 12.5. The van der Waals surface area contributed by atoms with Gasteiger partial charge < -0.3 is 5.32 Å². The SMILES string of the molecule is CC(NCCNS(=O)(=O)c1cccc2ncsc12)c1cccc(Cl)c1. The molecule has 3 aromatic rings. The zero-order chi connectivity index (χ0) is 17.9. The summed E-state index contributed by atoms with van der Waals surface area (Å²) in [4.78, 5) is 4.43. The maximum atomic E-state index is 12.5. The van der Waals surface area contributed by atoms with Crippen LogP contribution in [0.15, 0.2) is 52.9 Å². The van der Waals surface area contributed by atoms with Gasteiger partial charge in [-0.25, -0.2) is 18.1 Å². The Morgan fingerprint density at radius 2 is 2.00 bits per heavy atom. The van der Waals surface area contributed by atoms with E-state index in [1.54, 1.807) is 23.7 Å². The molecule has 2 aromatic carbocycles. The smallest absolute Gasteiger partial charge is 0.242 e. The van der Waals surface area contributed by atoms with Gasteiger partial charge in [-0.05, 0) is 36.8 Å². The van der Waals surface area contributed by atoms with Crippen LogP contribution in [0.4, 0.5) is 0 Å². The lowest BCUT2D eigenvalue weighted by atomic mass is 10.1. The molecule has 0 amide bonds. The van der Waals surface area contributed by atoms with E-state index >= 15 is 0 Å². The van der Waals surface area contributed by atoms with Crippen molar-refractivity contribution in [1.29, 1.82) is 0 Å². The largest absolute Gasteiger partial charge is 0.309 e. The molecule has 1 unspecified atom stereocenters. The van der Waals surface area contributed by atoms with E-state index < -0.39 is 10.0 Å². The van der Waals surface area contributed by atoms with Gasteiger partial charge in [0.25, 0.3) is 0 Å². The van der Waals surface area contributed by atoms with Crippen molar-refractivity contribution in [2.75, 3.05) is 13.1 Å². The van der Waals surface area contributed by atoms with E-state index in [1.165, 1.54) is 11.3 Å². The zero-order valence-electron chi connectivity index (χ0n) is 13.6. The minimum atomic E-state index is -3.57. The number of thiazole rings is 1. The topological polar surface area (TPSA) is 71.1 Å². The van der Waals surface area contributed by atoms with Crippen LogP contribution in [0.3, 0.4) is 0 Å². The van der Waals surface area contributed by atoms with E-state index in [-0.39, 0.29) is 10.9 Å². The molecule has 0 radical (unpaired) electrons. The number of halogens is 1. The minimum Gasteiger partial charge on any atom is -0.309 e. The van der Waals surface area contributed by atoms with Crippen molar-refractivity contribution < 1.29 is 8.42 Å². The standard InChI is InChI=1S/C17H18ClN3O2S2/c1-12(13-4-2-5-14(18)10-13)19-8-9-21-25(22,23)16-7-3-6-15-17(16)24-11-20-15/h2-7,10-12,19,21H,8-9H2,1H3. The number of aromatic nitrogens is 1. The number of benzene rings is 2. The van der Waals surface area contributed by atoms with Crippen molar-refractivity contribution in [3.63, 3.8) is 0 Å². The molecule has 0 spiro atoms. The molecular formula is C17H18ClN3O2S2. The predicted octanol–water partition coefficient (Wildman–Crippen LogP) is 3.58. The molecule has 3 rings (SSSR count). The van der Waals surface area contributed by atoms with Crippen molar-refractivity contribution in [2.45, 2.75) is 17.9 Å². The molecule has 0 saturated carbocycles. The van der Waals surface area contributed by atoms with Crippen molar-refractivity contribution in [1.82, 2.24) is 15.0 Å². The molecule has 0 aliphatic carbocycles. The van der Waals surface area contributed by atoms with E-state index in [1.807, 2.05) is 31.2 Å². The molecule has 8 heteroatoms. The van der Waals surface area contributed by atoms with Gasteiger partial charge in [0.1, 0.15) is 4.90 Å². The molecule has 0 aliphatic heterocycles. The monoisotopic (exact) mass is 395 g/mol. The molecule has 0 aliphatic rings. The Bertz CT molecular complexity index is 973. The summed E-state index contributed by atoms with van der Waals surface area (Å²) in [5.74, 6) is 0. The second-order valence-electron chi connectivity index (χ2n) is 5.59. The molecule has 1 aromatic heterocycles. The number of nitrogens with one attached hydrogen (secondary N) is 2. The first-order chi connectivity index (χ1) is 12.0.